The van der Waals surface area contributed by atoms with Crippen molar-refractivity contribution in [3.05, 3.63) is 35.5 Å². The molecule has 0 spiro atoms. The number of likely N-dealkylation sites (N-methyl/N-ethyl adjacent to an activating group) is 1. The van der Waals surface area contributed by atoms with E-state index in [-0.39, 0.29) is 11.8 Å². The lowest BCUT2D eigenvalue weighted by molar-refractivity contribution is -0.125. The van der Waals surface area contributed by atoms with Crippen molar-refractivity contribution in [2.24, 2.45) is 5.41 Å². The van der Waals surface area contributed by atoms with Crippen molar-refractivity contribution in [1.82, 2.24) is 20.2 Å². The fourth-order valence-corrected chi connectivity index (χ4v) is 5.09. The van der Waals surface area contributed by atoms with Gasteiger partial charge >= 0.3 is 0 Å². The minimum Gasteiger partial charge on any atom is -0.351 e. The monoisotopic (exact) mass is 493 g/mol. The number of benzene rings is 1. The van der Waals surface area contributed by atoms with Crippen LogP contribution in [-0.2, 0) is 4.79 Å². The van der Waals surface area contributed by atoms with Crippen LogP contribution in [0.2, 0.25) is 0 Å². The molecule has 0 saturated heterocycles. The second-order valence-corrected chi connectivity index (χ2v) is 10.9. The maximum absolute atomic E-state index is 13.2. The van der Waals surface area contributed by atoms with Crippen molar-refractivity contribution in [1.29, 1.82) is 0 Å². The Morgan fingerprint density at radius 1 is 1.22 bits per heavy atom. The minimum absolute atomic E-state index is 0.0730. The number of fused-ring (bicyclic) bond motifs is 1. The molecule has 1 aliphatic heterocycles. The van der Waals surface area contributed by atoms with Crippen molar-refractivity contribution in [2.45, 2.75) is 52.5 Å². The van der Waals surface area contributed by atoms with Crippen LogP contribution in [-0.4, -0.2) is 73.5 Å². The van der Waals surface area contributed by atoms with E-state index in [1.807, 2.05) is 65.0 Å². The summed E-state index contributed by atoms with van der Waals surface area (Å²) in [5.74, 6) is 1.26. The van der Waals surface area contributed by atoms with Gasteiger partial charge in [-0.1, -0.05) is 12.8 Å². The SMILES string of the molecule is Cc1cc(C(=O)NCCN(C)C)ccc1Nc1ncc2c(n1)N(C1CCCC1)CC(C)(C)C(=O)N2C. The number of carbonyl (C=O) groups excluding carboxylic acids is 2. The van der Waals surface area contributed by atoms with E-state index < -0.39 is 5.41 Å². The van der Waals surface area contributed by atoms with Gasteiger partial charge < -0.3 is 25.3 Å². The lowest BCUT2D eigenvalue weighted by atomic mass is 9.91. The third-order valence-electron chi connectivity index (χ3n) is 7.18. The minimum atomic E-state index is -0.523. The fraction of sp³-hybridized carbons (Fsp3) is 0.556. The van der Waals surface area contributed by atoms with Gasteiger partial charge in [-0.3, -0.25) is 9.59 Å². The van der Waals surface area contributed by atoms with E-state index in [2.05, 4.69) is 20.5 Å². The summed E-state index contributed by atoms with van der Waals surface area (Å²) in [5, 5.41) is 6.28. The molecule has 194 valence electrons. The van der Waals surface area contributed by atoms with Crippen LogP contribution in [0.4, 0.5) is 23.1 Å². The number of anilines is 4. The third kappa shape index (κ3) is 5.46. The van der Waals surface area contributed by atoms with Crippen molar-refractivity contribution in [3.63, 3.8) is 0 Å². The quantitative estimate of drug-likeness (QED) is 0.609. The summed E-state index contributed by atoms with van der Waals surface area (Å²) >= 11 is 0. The Morgan fingerprint density at radius 2 is 1.94 bits per heavy atom. The predicted molar refractivity (Wildman–Crippen MR) is 144 cm³/mol. The van der Waals surface area contributed by atoms with Crippen LogP contribution in [0.5, 0.6) is 0 Å². The molecular weight excluding hydrogens is 454 g/mol. The third-order valence-corrected chi connectivity index (χ3v) is 7.18. The molecule has 0 unspecified atom stereocenters. The first-order valence-corrected chi connectivity index (χ1v) is 12.8. The summed E-state index contributed by atoms with van der Waals surface area (Å²) in [6.07, 6.45) is 6.36. The summed E-state index contributed by atoms with van der Waals surface area (Å²) in [7, 11) is 5.76. The Morgan fingerprint density at radius 3 is 2.61 bits per heavy atom. The van der Waals surface area contributed by atoms with E-state index in [9.17, 15) is 9.59 Å². The molecular formula is C27H39N7O2. The van der Waals surface area contributed by atoms with Crippen LogP contribution in [0.3, 0.4) is 0 Å². The highest BCUT2D eigenvalue weighted by Crippen LogP contribution is 2.40. The van der Waals surface area contributed by atoms with E-state index in [0.29, 0.717) is 30.6 Å². The molecule has 1 aromatic heterocycles. The molecule has 2 amide bonds. The maximum Gasteiger partial charge on any atom is 0.251 e. The number of carbonyl (C=O) groups is 2. The van der Waals surface area contributed by atoms with Gasteiger partial charge in [-0.05, 0) is 71.5 Å². The molecule has 1 saturated carbocycles. The van der Waals surface area contributed by atoms with Crippen LogP contribution >= 0.6 is 0 Å². The van der Waals surface area contributed by atoms with Gasteiger partial charge in [0.25, 0.3) is 5.91 Å². The molecule has 0 atom stereocenters. The van der Waals surface area contributed by atoms with Crippen molar-refractivity contribution >= 4 is 35.0 Å². The summed E-state index contributed by atoms with van der Waals surface area (Å²) < 4.78 is 0. The number of aromatic nitrogens is 2. The van der Waals surface area contributed by atoms with Crippen molar-refractivity contribution in [3.8, 4) is 0 Å². The smallest absolute Gasteiger partial charge is 0.251 e. The van der Waals surface area contributed by atoms with E-state index in [1.54, 1.807) is 11.1 Å². The van der Waals surface area contributed by atoms with Crippen LogP contribution in [0.25, 0.3) is 0 Å². The first-order chi connectivity index (χ1) is 17.1. The Bertz CT molecular complexity index is 1130. The van der Waals surface area contributed by atoms with Gasteiger partial charge in [0.1, 0.15) is 5.69 Å². The maximum atomic E-state index is 13.2. The van der Waals surface area contributed by atoms with Crippen molar-refractivity contribution in [2.75, 3.05) is 55.9 Å². The number of rotatable bonds is 7. The molecule has 0 bridgehead atoms. The van der Waals surface area contributed by atoms with Gasteiger partial charge in [0.05, 0.1) is 11.6 Å². The normalized spacial score (nSPS) is 17.8. The highest BCUT2D eigenvalue weighted by molar-refractivity contribution is 6.01. The van der Waals surface area contributed by atoms with Gasteiger partial charge in [0.15, 0.2) is 5.82 Å². The summed E-state index contributed by atoms with van der Waals surface area (Å²) in [5.41, 5.74) is 2.60. The largest absolute Gasteiger partial charge is 0.351 e. The zero-order valence-corrected chi connectivity index (χ0v) is 22.4. The number of hydrogen-bond acceptors (Lipinski definition) is 7. The zero-order chi connectivity index (χ0) is 26.0. The molecule has 1 aliphatic carbocycles. The fourth-order valence-electron chi connectivity index (χ4n) is 5.09. The molecule has 1 aromatic carbocycles. The van der Waals surface area contributed by atoms with Crippen LogP contribution < -0.4 is 20.4 Å². The number of nitrogens with one attached hydrogen (secondary N) is 2. The average Bonchev–Trinajstić information content (AvgIpc) is 3.35. The molecule has 0 radical (unpaired) electrons. The van der Waals surface area contributed by atoms with Gasteiger partial charge in [0.2, 0.25) is 11.9 Å². The molecule has 2 heterocycles. The number of hydrogen-bond donors (Lipinski definition) is 2. The van der Waals surface area contributed by atoms with Gasteiger partial charge in [-0.2, -0.15) is 4.98 Å². The summed E-state index contributed by atoms with van der Waals surface area (Å²) in [4.78, 5) is 41.2. The van der Waals surface area contributed by atoms with Crippen LogP contribution in [0.1, 0.15) is 55.5 Å². The number of nitrogens with zero attached hydrogens (tertiary/aromatic N) is 5. The molecule has 9 heteroatoms. The molecule has 9 nitrogen and oxygen atoms in total. The predicted octanol–water partition coefficient (Wildman–Crippen LogP) is 3.57. The second kappa shape index (κ2) is 10.4. The average molecular weight is 494 g/mol. The standard InChI is InChI=1S/C27H39N7O2/c1-18-15-19(24(35)28-13-14-32(4)5)11-12-21(18)30-26-29-16-22-23(31-26)34(20-9-7-8-10-20)17-27(2,3)25(36)33(22)6/h11-12,15-16,20H,7-10,13-14,17H2,1-6H3,(H,28,35)(H,29,30,31). The molecule has 2 aliphatic rings. The number of amides is 2. The Labute approximate surface area is 214 Å². The first-order valence-electron chi connectivity index (χ1n) is 12.8. The van der Waals surface area contributed by atoms with Gasteiger partial charge in [-0.25, -0.2) is 4.98 Å². The molecule has 2 aromatic rings. The van der Waals surface area contributed by atoms with E-state index in [4.69, 9.17) is 4.98 Å². The second-order valence-electron chi connectivity index (χ2n) is 10.9. The van der Waals surface area contributed by atoms with Gasteiger partial charge in [0, 0.05) is 44.0 Å². The van der Waals surface area contributed by atoms with E-state index in [1.165, 1.54) is 12.8 Å². The number of aryl methyl sites for hydroxylation is 1. The zero-order valence-electron chi connectivity index (χ0n) is 22.4. The Kier molecular flexibility index (Phi) is 7.49. The van der Waals surface area contributed by atoms with E-state index >= 15 is 0 Å². The lowest BCUT2D eigenvalue weighted by Gasteiger charge is -2.34. The molecule has 4 rings (SSSR count). The van der Waals surface area contributed by atoms with Crippen LogP contribution in [0, 0.1) is 12.3 Å². The molecule has 1 fully saturated rings. The Hall–Kier alpha value is -3.20. The van der Waals surface area contributed by atoms with Crippen LogP contribution in [0.15, 0.2) is 24.4 Å². The molecule has 36 heavy (non-hydrogen) atoms. The topological polar surface area (TPSA) is 93.7 Å². The first kappa shape index (κ1) is 25.9. The van der Waals surface area contributed by atoms with E-state index in [0.717, 1.165) is 42.1 Å². The lowest BCUT2D eigenvalue weighted by Crippen LogP contribution is -2.45. The summed E-state index contributed by atoms with van der Waals surface area (Å²) in [6, 6.07) is 5.94. The van der Waals surface area contributed by atoms with Crippen molar-refractivity contribution < 1.29 is 9.59 Å². The molecule has 2 N–H and O–H groups in total. The van der Waals surface area contributed by atoms with Gasteiger partial charge in [-0.15, -0.1) is 0 Å². The highest BCUT2D eigenvalue weighted by atomic mass is 16.2. The summed E-state index contributed by atoms with van der Waals surface area (Å²) in [6.45, 7) is 7.99. The highest BCUT2D eigenvalue weighted by Gasteiger charge is 2.41. The Balaban J connectivity index is 1.58.